The standard InChI is InChI=1S/C18H27N3O4S/c1-2-21(12-17(22)23)16-10-15(11-16)20-18(24)19-8-9-26(25)13-14-6-4-3-5-7-14/h3-7,15-16H,2,8-13H2,1H3,(H,22,23)(H2,19,20,24). The second-order valence-corrected chi connectivity index (χ2v) is 8.03. The van der Waals surface area contributed by atoms with Gasteiger partial charge in [0.1, 0.15) is 0 Å². The van der Waals surface area contributed by atoms with Gasteiger partial charge in [0.05, 0.1) is 6.54 Å². The van der Waals surface area contributed by atoms with Gasteiger partial charge in [-0.3, -0.25) is 13.9 Å². The van der Waals surface area contributed by atoms with Gasteiger partial charge >= 0.3 is 12.0 Å². The molecule has 1 aromatic carbocycles. The molecule has 0 spiro atoms. The number of nitrogens with zero attached hydrogens (tertiary/aromatic N) is 1. The Labute approximate surface area is 156 Å². The van der Waals surface area contributed by atoms with Crippen LogP contribution in [0.2, 0.25) is 0 Å². The Morgan fingerprint density at radius 2 is 1.96 bits per heavy atom. The molecule has 8 heteroatoms. The maximum atomic E-state index is 12.0. The van der Waals surface area contributed by atoms with E-state index in [0.717, 1.165) is 18.4 Å². The van der Waals surface area contributed by atoms with Crippen molar-refractivity contribution in [1.29, 1.82) is 0 Å². The molecule has 1 aromatic rings. The molecule has 0 aliphatic heterocycles. The third kappa shape index (κ3) is 6.76. The van der Waals surface area contributed by atoms with Crippen LogP contribution in [0.5, 0.6) is 0 Å². The van der Waals surface area contributed by atoms with E-state index in [2.05, 4.69) is 10.6 Å². The number of urea groups is 1. The van der Waals surface area contributed by atoms with Gasteiger partial charge in [-0.05, 0) is 24.9 Å². The predicted molar refractivity (Wildman–Crippen MR) is 101 cm³/mol. The van der Waals surface area contributed by atoms with Gasteiger partial charge in [-0.1, -0.05) is 37.3 Å². The first-order chi connectivity index (χ1) is 12.5. The van der Waals surface area contributed by atoms with Gasteiger partial charge in [-0.2, -0.15) is 0 Å². The van der Waals surface area contributed by atoms with E-state index in [1.165, 1.54) is 0 Å². The molecule has 0 saturated heterocycles. The number of hydrogen-bond donors (Lipinski definition) is 3. The molecule has 1 unspecified atom stereocenters. The van der Waals surface area contributed by atoms with Crippen LogP contribution in [0, 0.1) is 0 Å². The average Bonchev–Trinajstić information content (AvgIpc) is 2.56. The Kier molecular flexibility index (Phi) is 8.06. The van der Waals surface area contributed by atoms with E-state index in [0.29, 0.717) is 24.6 Å². The largest absolute Gasteiger partial charge is 0.480 e. The molecule has 1 fully saturated rings. The van der Waals surface area contributed by atoms with Gasteiger partial charge in [-0.25, -0.2) is 4.79 Å². The summed E-state index contributed by atoms with van der Waals surface area (Å²) >= 11 is 0. The topological polar surface area (TPSA) is 98.7 Å². The summed E-state index contributed by atoms with van der Waals surface area (Å²) in [5.74, 6) is 0.0763. The van der Waals surface area contributed by atoms with Crippen LogP contribution in [-0.2, 0) is 21.3 Å². The summed E-state index contributed by atoms with van der Waals surface area (Å²) in [6, 6.07) is 9.65. The number of carbonyl (C=O) groups is 2. The molecule has 0 bridgehead atoms. The number of carboxylic acids is 1. The molecule has 0 aromatic heterocycles. The third-order valence-electron chi connectivity index (χ3n) is 4.50. The van der Waals surface area contributed by atoms with Gasteiger partial charge in [0.2, 0.25) is 0 Å². The molecule has 0 radical (unpaired) electrons. The molecule has 1 aliphatic carbocycles. The lowest BCUT2D eigenvalue weighted by Crippen LogP contribution is -2.56. The third-order valence-corrected chi connectivity index (χ3v) is 5.81. The van der Waals surface area contributed by atoms with Crippen LogP contribution >= 0.6 is 0 Å². The van der Waals surface area contributed by atoms with Crippen LogP contribution in [0.3, 0.4) is 0 Å². The predicted octanol–water partition coefficient (Wildman–Crippen LogP) is 1.17. The zero-order chi connectivity index (χ0) is 18.9. The van der Waals surface area contributed by atoms with E-state index >= 15 is 0 Å². The summed E-state index contributed by atoms with van der Waals surface area (Å²) in [5, 5.41) is 14.5. The van der Waals surface area contributed by atoms with Crippen molar-refractivity contribution in [1.82, 2.24) is 15.5 Å². The Morgan fingerprint density at radius 1 is 1.27 bits per heavy atom. The van der Waals surface area contributed by atoms with Crippen LogP contribution in [0.4, 0.5) is 4.79 Å². The van der Waals surface area contributed by atoms with Crippen molar-refractivity contribution < 1.29 is 18.9 Å². The fourth-order valence-corrected chi connectivity index (χ4v) is 4.06. The highest BCUT2D eigenvalue weighted by Crippen LogP contribution is 2.25. The van der Waals surface area contributed by atoms with Gasteiger partial charge in [-0.15, -0.1) is 0 Å². The van der Waals surface area contributed by atoms with E-state index in [4.69, 9.17) is 5.11 Å². The van der Waals surface area contributed by atoms with Crippen molar-refractivity contribution in [3.05, 3.63) is 35.9 Å². The van der Waals surface area contributed by atoms with Crippen molar-refractivity contribution in [2.75, 3.05) is 25.4 Å². The normalized spacial score (nSPS) is 20.2. The van der Waals surface area contributed by atoms with E-state index in [1.807, 2.05) is 42.2 Å². The van der Waals surface area contributed by atoms with Gasteiger partial charge in [0.25, 0.3) is 0 Å². The SMILES string of the molecule is CCN(CC(=O)O)C1CC(NC(=O)NCCS(=O)Cc2ccccc2)C1. The highest BCUT2D eigenvalue weighted by molar-refractivity contribution is 7.84. The molecule has 2 amide bonds. The number of hydrogen-bond acceptors (Lipinski definition) is 4. The Balaban J connectivity index is 1.58. The maximum absolute atomic E-state index is 12.0. The molecule has 1 atom stereocenters. The second kappa shape index (κ2) is 10.3. The van der Waals surface area contributed by atoms with Crippen LogP contribution < -0.4 is 10.6 Å². The fourth-order valence-electron chi connectivity index (χ4n) is 3.02. The van der Waals surface area contributed by atoms with Crippen LogP contribution in [-0.4, -0.2) is 63.7 Å². The molecule has 0 heterocycles. The van der Waals surface area contributed by atoms with Gasteiger partial charge < -0.3 is 15.7 Å². The highest BCUT2D eigenvalue weighted by Gasteiger charge is 2.34. The lowest BCUT2D eigenvalue weighted by atomic mass is 9.85. The molecule has 26 heavy (non-hydrogen) atoms. The summed E-state index contributed by atoms with van der Waals surface area (Å²) in [4.78, 5) is 24.6. The van der Waals surface area contributed by atoms with Crippen LogP contribution in [0.25, 0.3) is 0 Å². The summed E-state index contributed by atoms with van der Waals surface area (Å²) in [5.41, 5.74) is 1.03. The molecule has 1 saturated carbocycles. The van der Waals surface area contributed by atoms with Crippen molar-refractivity contribution in [3.63, 3.8) is 0 Å². The number of benzene rings is 1. The number of nitrogens with one attached hydrogen (secondary N) is 2. The monoisotopic (exact) mass is 381 g/mol. The Morgan fingerprint density at radius 3 is 2.58 bits per heavy atom. The molecule has 3 N–H and O–H groups in total. The molecular formula is C18H27N3O4S. The van der Waals surface area contributed by atoms with E-state index < -0.39 is 16.8 Å². The minimum atomic E-state index is -1.01. The first-order valence-corrected chi connectivity index (χ1v) is 10.4. The first-order valence-electron chi connectivity index (χ1n) is 8.87. The molecule has 2 rings (SSSR count). The number of aliphatic carboxylic acids is 1. The Bertz CT molecular complexity index is 620. The minimum Gasteiger partial charge on any atom is -0.480 e. The van der Waals surface area contributed by atoms with Crippen LogP contribution in [0.15, 0.2) is 30.3 Å². The maximum Gasteiger partial charge on any atom is 0.317 e. The zero-order valence-electron chi connectivity index (χ0n) is 15.0. The zero-order valence-corrected chi connectivity index (χ0v) is 15.8. The second-order valence-electron chi connectivity index (χ2n) is 6.45. The van der Waals surface area contributed by atoms with E-state index in [1.54, 1.807) is 0 Å². The number of carboxylic acid groups (broad SMARTS) is 1. The van der Waals surface area contributed by atoms with Gasteiger partial charge in [0, 0.05) is 40.9 Å². The van der Waals surface area contributed by atoms with Crippen molar-refractivity contribution in [2.24, 2.45) is 0 Å². The summed E-state index contributed by atoms with van der Waals surface area (Å²) in [6.07, 6.45) is 1.52. The molecule has 144 valence electrons. The summed E-state index contributed by atoms with van der Waals surface area (Å²) in [7, 11) is -1.01. The minimum absolute atomic E-state index is 0.0350. The average molecular weight is 381 g/mol. The van der Waals surface area contributed by atoms with E-state index in [9.17, 15) is 13.8 Å². The summed E-state index contributed by atoms with van der Waals surface area (Å²) < 4.78 is 12.0. The molecular weight excluding hydrogens is 354 g/mol. The smallest absolute Gasteiger partial charge is 0.317 e. The van der Waals surface area contributed by atoms with Crippen LogP contribution in [0.1, 0.15) is 25.3 Å². The number of amides is 2. The lowest BCUT2D eigenvalue weighted by Gasteiger charge is -2.42. The van der Waals surface area contributed by atoms with Crippen molar-refractivity contribution in [2.45, 2.75) is 37.6 Å². The summed E-state index contributed by atoms with van der Waals surface area (Å²) in [6.45, 7) is 3.02. The van der Waals surface area contributed by atoms with E-state index in [-0.39, 0.29) is 24.7 Å². The molecule has 7 nitrogen and oxygen atoms in total. The number of rotatable bonds is 10. The quantitative estimate of drug-likeness (QED) is 0.565. The first kappa shape index (κ1) is 20.4. The number of likely N-dealkylation sites (N-methyl/N-ethyl adjacent to an activating group) is 1. The highest BCUT2D eigenvalue weighted by atomic mass is 32.2. The Hall–Kier alpha value is -1.93. The number of carbonyl (C=O) groups excluding carboxylic acids is 1. The van der Waals surface area contributed by atoms with Crippen molar-refractivity contribution >= 4 is 22.8 Å². The van der Waals surface area contributed by atoms with Crippen molar-refractivity contribution in [3.8, 4) is 0 Å². The molecule has 1 aliphatic rings. The van der Waals surface area contributed by atoms with Gasteiger partial charge in [0.15, 0.2) is 0 Å². The fraction of sp³-hybridized carbons (Fsp3) is 0.556. The lowest BCUT2D eigenvalue weighted by molar-refractivity contribution is -0.139.